The topological polar surface area (TPSA) is 55.8 Å². The molecule has 3 aliphatic rings. The van der Waals surface area contributed by atoms with E-state index in [0.717, 1.165) is 17.7 Å². The zero-order valence-electron chi connectivity index (χ0n) is 15.5. The molecule has 2 fully saturated rings. The molecule has 2 unspecified atom stereocenters. The summed E-state index contributed by atoms with van der Waals surface area (Å²) in [6, 6.07) is 7.93. The van der Waals surface area contributed by atoms with Crippen LogP contribution >= 0.6 is 0 Å². The highest BCUT2D eigenvalue weighted by Crippen LogP contribution is 2.53. The molecule has 5 heteroatoms. The van der Waals surface area contributed by atoms with Crippen molar-refractivity contribution in [1.82, 2.24) is 0 Å². The third-order valence-corrected chi connectivity index (χ3v) is 5.59. The second kappa shape index (κ2) is 6.23. The highest BCUT2D eigenvalue weighted by atomic mass is 16.6. The maximum Gasteiger partial charge on any atom is 0.312 e. The van der Waals surface area contributed by atoms with Crippen LogP contribution in [-0.4, -0.2) is 36.7 Å². The average molecular weight is 355 g/mol. The number of anilines is 1. The normalized spacial score (nSPS) is 31.8. The van der Waals surface area contributed by atoms with Crippen molar-refractivity contribution in [3.8, 4) is 0 Å². The van der Waals surface area contributed by atoms with Crippen LogP contribution in [0.1, 0.15) is 26.3 Å². The Hall–Kier alpha value is -2.14. The molecule has 4 rings (SSSR count). The van der Waals surface area contributed by atoms with Gasteiger partial charge in [0.25, 0.3) is 0 Å². The molecule has 1 spiro atoms. The fourth-order valence-corrected chi connectivity index (χ4v) is 4.39. The summed E-state index contributed by atoms with van der Waals surface area (Å²) < 4.78 is 11.6. The van der Waals surface area contributed by atoms with Crippen molar-refractivity contribution >= 4 is 17.6 Å². The van der Waals surface area contributed by atoms with Crippen molar-refractivity contribution in [1.29, 1.82) is 0 Å². The highest BCUT2D eigenvalue weighted by molar-refractivity contribution is 6.03. The first-order chi connectivity index (χ1) is 12.5. The van der Waals surface area contributed by atoms with Crippen LogP contribution in [0.5, 0.6) is 0 Å². The fourth-order valence-electron chi connectivity index (χ4n) is 4.39. The number of aryl methyl sites for hydroxylation is 1. The van der Waals surface area contributed by atoms with Crippen LogP contribution in [0.3, 0.4) is 0 Å². The lowest BCUT2D eigenvalue weighted by Gasteiger charge is -2.23. The van der Waals surface area contributed by atoms with E-state index in [1.54, 1.807) is 4.90 Å². The molecular weight excluding hydrogens is 330 g/mol. The molecule has 2 saturated heterocycles. The van der Waals surface area contributed by atoms with Gasteiger partial charge < -0.3 is 14.4 Å². The van der Waals surface area contributed by atoms with E-state index in [0.29, 0.717) is 13.2 Å². The molecule has 1 amide bonds. The van der Waals surface area contributed by atoms with E-state index in [9.17, 15) is 9.59 Å². The molecule has 1 aromatic carbocycles. The standard InChI is InChI=1S/C21H25NO4/c1-4-14-7-5-6-8-15(14)22-12-21-10-9-16(26-21)17(18(21)19(22)23)20(24)25-11-13(2)3/h5-10,13,16-18H,4,11-12H2,1-3H3/t16-,17?,18-,21?/m1/s1. The Balaban J connectivity index is 1.64. The van der Waals surface area contributed by atoms with Gasteiger partial charge in [-0.05, 0) is 24.0 Å². The Morgan fingerprint density at radius 2 is 2.15 bits per heavy atom. The average Bonchev–Trinajstić information content (AvgIpc) is 3.28. The number of esters is 1. The minimum Gasteiger partial charge on any atom is -0.465 e. The summed E-state index contributed by atoms with van der Waals surface area (Å²) in [5, 5.41) is 0. The number of nitrogens with zero attached hydrogens (tertiary/aromatic N) is 1. The monoisotopic (exact) mass is 355 g/mol. The molecule has 5 nitrogen and oxygen atoms in total. The third-order valence-electron chi connectivity index (χ3n) is 5.59. The first-order valence-corrected chi connectivity index (χ1v) is 9.40. The summed E-state index contributed by atoms with van der Waals surface area (Å²) in [5.74, 6) is -1.15. The maximum atomic E-state index is 13.3. The van der Waals surface area contributed by atoms with Crippen LogP contribution in [0.15, 0.2) is 36.4 Å². The molecule has 26 heavy (non-hydrogen) atoms. The molecule has 138 valence electrons. The molecule has 0 aromatic heterocycles. The van der Waals surface area contributed by atoms with E-state index in [1.807, 2.05) is 50.3 Å². The van der Waals surface area contributed by atoms with Crippen molar-refractivity contribution in [2.75, 3.05) is 18.1 Å². The second-order valence-electron chi connectivity index (χ2n) is 7.83. The molecule has 2 bridgehead atoms. The van der Waals surface area contributed by atoms with Crippen molar-refractivity contribution in [3.63, 3.8) is 0 Å². The molecule has 0 aliphatic carbocycles. The molecule has 1 aromatic rings. The van der Waals surface area contributed by atoms with E-state index in [1.165, 1.54) is 0 Å². The Bertz CT molecular complexity index is 771. The van der Waals surface area contributed by atoms with Gasteiger partial charge in [-0.3, -0.25) is 9.59 Å². The summed E-state index contributed by atoms with van der Waals surface area (Å²) in [5.41, 5.74) is 1.33. The van der Waals surface area contributed by atoms with E-state index in [-0.39, 0.29) is 23.9 Å². The first kappa shape index (κ1) is 17.3. The Kier molecular flexibility index (Phi) is 4.14. The summed E-state index contributed by atoms with van der Waals surface area (Å²) in [7, 11) is 0. The number of hydrogen-bond donors (Lipinski definition) is 0. The number of rotatable bonds is 5. The lowest BCUT2D eigenvalue weighted by atomic mass is 9.77. The van der Waals surface area contributed by atoms with Gasteiger partial charge in [-0.15, -0.1) is 0 Å². The van der Waals surface area contributed by atoms with Crippen molar-refractivity contribution in [2.45, 2.75) is 38.9 Å². The van der Waals surface area contributed by atoms with E-state index < -0.39 is 17.4 Å². The number of hydrogen-bond acceptors (Lipinski definition) is 4. The minimum absolute atomic E-state index is 0.0377. The Morgan fingerprint density at radius 1 is 1.38 bits per heavy atom. The predicted octanol–water partition coefficient (Wildman–Crippen LogP) is 2.73. The SMILES string of the molecule is CCc1ccccc1N1CC23C=C[C@@H](O2)C(C(=O)OCC(C)C)[C@@H]3C1=O. The summed E-state index contributed by atoms with van der Waals surface area (Å²) in [6.45, 7) is 6.88. The van der Waals surface area contributed by atoms with Gasteiger partial charge in [0, 0.05) is 5.69 Å². The van der Waals surface area contributed by atoms with Gasteiger partial charge in [0.2, 0.25) is 5.91 Å². The van der Waals surface area contributed by atoms with Crippen LogP contribution in [-0.2, 0) is 25.5 Å². The van der Waals surface area contributed by atoms with Gasteiger partial charge in [-0.2, -0.15) is 0 Å². The van der Waals surface area contributed by atoms with Crippen LogP contribution in [0.25, 0.3) is 0 Å². The van der Waals surface area contributed by atoms with Crippen LogP contribution < -0.4 is 4.90 Å². The largest absolute Gasteiger partial charge is 0.465 e. The number of amides is 1. The molecule has 4 atom stereocenters. The smallest absolute Gasteiger partial charge is 0.312 e. The third kappa shape index (κ3) is 2.49. The van der Waals surface area contributed by atoms with E-state index in [2.05, 4.69) is 6.92 Å². The Labute approximate surface area is 154 Å². The van der Waals surface area contributed by atoms with Gasteiger partial charge in [0.05, 0.1) is 25.2 Å². The van der Waals surface area contributed by atoms with E-state index in [4.69, 9.17) is 9.47 Å². The van der Waals surface area contributed by atoms with Gasteiger partial charge >= 0.3 is 5.97 Å². The first-order valence-electron chi connectivity index (χ1n) is 9.40. The number of ether oxygens (including phenoxy) is 2. The second-order valence-corrected chi connectivity index (χ2v) is 7.83. The number of para-hydroxylation sites is 1. The number of carbonyl (C=O) groups is 2. The fraction of sp³-hybridized carbons (Fsp3) is 0.524. The molecule has 3 heterocycles. The molecule has 3 aliphatic heterocycles. The number of carbonyl (C=O) groups excluding carboxylic acids is 2. The van der Waals surface area contributed by atoms with Crippen molar-refractivity contribution in [2.24, 2.45) is 17.8 Å². The lowest BCUT2D eigenvalue weighted by Crippen LogP contribution is -2.40. The minimum atomic E-state index is -0.704. The van der Waals surface area contributed by atoms with Crippen molar-refractivity contribution in [3.05, 3.63) is 42.0 Å². The quantitative estimate of drug-likeness (QED) is 0.602. The summed E-state index contributed by atoms with van der Waals surface area (Å²) in [6.07, 6.45) is 4.38. The van der Waals surface area contributed by atoms with Crippen LogP contribution in [0, 0.1) is 17.8 Å². The van der Waals surface area contributed by atoms with Gasteiger partial charge in [0.1, 0.15) is 11.5 Å². The van der Waals surface area contributed by atoms with Gasteiger partial charge in [-0.1, -0.05) is 51.1 Å². The van der Waals surface area contributed by atoms with Gasteiger partial charge in [0.15, 0.2) is 0 Å². The lowest BCUT2D eigenvalue weighted by molar-refractivity contribution is -0.153. The van der Waals surface area contributed by atoms with Gasteiger partial charge in [-0.25, -0.2) is 0 Å². The molecule has 0 saturated carbocycles. The maximum absolute atomic E-state index is 13.3. The highest BCUT2D eigenvalue weighted by Gasteiger charge is 2.67. The molecule has 0 N–H and O–H groups in total. The van der Waals surface area contributed by atoms with Crippen LogP contribution in [0.2, 0.25) is 0 Å². The zero-order chi connectivity index (χ0) is 18.5. The number of benzene rings is 1. The summed E-state index contributed by atoms with van der Waals surface area (Å²) in [4.78, 5) is 27.8. The van der Waals surface area contributed by atoms with Crippen molar-refractivity contribution < 1.29 is 19.1 Å². The molecular formula is C21H25NO4. The predicted molar refractivity (Wildman–Crippen MR) is 97.7 cm³/mol. The number of fused-ring (bicyclic) bond motifs is 1. The summed E-state index contributed by atoms with van der Waals surface area (Å²) >= 11 is 0. The Morgan fingerprint density at radius 3 is 2.88 bits per heavy atom. The molecule has 0 radical (unpaired) electrons. The zero-order valence-corrected chi connectivity index (χ0v) is 15.5. The van der Waals surface area contributed by atoms with Crippen LogP contribution in [0.4, 0.5) is 5.69 Å². The van der Waals surface area contributed by atoms with E-state index >= 15 is 0 Å².